The van der Waals surface area contributed by atoms with Gasteiger partial charge in [0.2, 0.25) is 5.82 Å². The fourth-order valence-electron chi connectivity index (χ4n) is 2.97. The molecule has 7 heteroatoms. The molecule has 0 aliphatic heterocycles. The summed E-state index contributed by atoms with van der Waals surface area (Å²) in [5, 5.41) is 23.1. The molecule has 7 nitrogen and oxygen atoms in total. The summed E-state index contributed by atoms with van der Waals surface area (Å²) in [5.41, 5.74) is 0. The second-order valence-corrected chi connectivity index (χ2v) is 5.81. The number of ether oxygens (including phenoxy) is 1. The Morgan fingerprint density at radius 1 is 1.43 bits per heavy atom. The van der Waals surface area contributed by atoms with E-state index in [4.69, 9.17) is 4.74 Å². The van der Waals surface area contributed by atoms with Crippen molar-refractivity contribution in [3.63, 3.8) is 0 Å². The zero-order valence-corrected chi connectivity index (χ0v) is 13.4. The van der Waals surface area contributed by atoms with Crippen molar-refractivity contribution in [2.24, 2.45) is 5.92 Å². The van der Waals surface area contributed by atoms with Crippen molar-refractivity contribution in [2.45, 2.75) is 51.2 Å². The number of aromatic nitrogens is 2. The second-order valence-electron chi connectivity index (χ2n) is 5.81. The monoisotopic (exact) mass is 323 g/mol. The molecule has 1 fully saturated rings. The minimum absolute atomic E-state index is 0.0410. The molecule has 2 unspecified atom stereocenters. The van der Waals surface area contributed by atoms with Crippen LogP contribution in [-0.4, -0.2) is 51.5 Å². The molecule has 23 heavy (non-hydrogen) atoms. The molecule has 0 aromatic carbocycles. The predicted octanol–water partition coefficient (Wildman–Crippen LogP) is 1.37. The van der Waals surface area contributed by atoms with Gasteiger partial charge in [-0.3, -0.25) is 0 Å². The molecule has 2 atom stereocenters. The van der Waals surface area contributed by atoms with Gasteiger partial charge in [-0.05, 0) is 31.7 Å². The van der Waals surface area contributed by atoms with Crippen LogP contribution >= 0.6 is 0 Å². The molecular weight excluding hydrogens is 298 g/mol. The first kappa shape index (κ1) is 17.6. The molecule has 0 saturated heterocycles. The number of aliphatic hydroxyl groups is 2. The number of nitrogens with zero attached hydrogens (tertiary/aromatic N) is 2. The molecule has 1 aliphatic rings. The Labute approximate surface area is 136 Å². The van der Waals surface area contributed by atoms with Crippen LogP contribution in [0.3, 0.4) is 0 Å². The molecule has 1 aromatic heterocycles. The lowest BCUT2D eigenvalue weighted by molar-refractivity contribution is 0.0492. The van der Waals surface area contributed by atoms with Gasteiger partial charge in [0.05, 0.1) is 25.4 Å². The Balaban J connectivity index is 2.03. The second kappa shape index (κ2) is 8.79. The Morgan fingerprint density at radius 3 is 2.83 bits per heavy atom. The lowest BCUT2D eigenvalue weighted by Gasteiger charge is -2.32. The van der Waals surface area contributed by atoms with E-state index in [2.05, 4.69) is 15.3 Å². The lowest BCUT2D eigenvalue weighted by atomic mass is 9.83. The fraction of sp³-hybridized carbons (Fsp3) is 0.688. The first-order valence-electron chi connectivity index (χ1n) is 8.21. The van der Waals surface area contributed by atoms with Crippen molar-refractivity contribution in [1.82, 2.24) is 9.97 Å². The summed E-state index contributed by atoms with van der Waals surface area (Å²) >= 11 is 0. The molecule has 3 N–H and O–H groups in total. The van der Waals surface area contributed by atoms with Crippen molar-refractivity contribution < 1.29 is 19.7 Å². The standard InChI is InChI=1S/C16H25N3O4/c1-2-23-16(22)15-17-9-8-13(19-15)18-12(10-20)14(21)11-6-4-3-5-7-11/h8-9,11-12,14,20-21H,2-7,10H2,1H3,(H,17,18,19). The summed E-state index contributed by atoms with van der Waals surface area (Å²) in [7, 11) is 0. The van der Waals surface area contributed by atoms with Crippen LogP contribution in [0.15, 0.2) is 12.3 Å². The van der Waals surface area contributed by atoms with Crippen molar-refractivity contribution in [1.29, 1.82) is 0 Å². The molecule has 0 spiro atoms. The first-order chi connectivity index (χ1) is 11.2. The average molecular weight is 323 g/mol. The highest BCUT2D eigenvalue weighted by Gasteiger charge is 2.29. The maximum absolute atomic E-state index is 11.7. The Bertz CT molecular complexity index is 506. The summed E-state index contributed by atoms with van der Waals surface area (Å²) in [6.07, 6.45) is 6.16. The molecule has 128 valence electrons. The van der Waals surface area contributed by atoms with Crippen molar-refractivity contribution in [3.8, 4) is 0 Å². The third kappa shape index (κ3) is 4.87. The molecule has 1 aliphatic carbocycles. The summed E-state index contributed by atoms with van der Waals surface area (Å²) in [4.78, 5) is 19.6. The zero-order chi connectivity index (χ0) is 16.7. The van der Waals surface area contributed by atoms with Crippen molar-refractivity contribution in [2.75, 3.05) is 18.5 Å². The number of nitrogens with one attached hydrogen (secondary N) is 1. The zero-order valence-electron chi connectivity index (χ0n) is 13.4. The van der Waals surface area contributed by atoms with Crippen LogP contribution in [0, 0.1) is 5.92 Å². The van der Waals surface area contributed by atoms with E-state index in [-0.39, 0.29) is 25.0 Å². The molecule has 0 bridgehead atoms. The van der Waals surface area contributed by atoms with Crippen LogP contribution in [0.2, 0.25) is 0 Å². The third-order valence-electron chi connectivity index (χ3n) is 4.19. The van der Waals surface area contributed by atoms with Gasteiger partial charge >= 0.3 is 5.97 Å². The van der Waals surface area contributed by atoms with Gasteiger partial charge in [0.25, 0.3) is 0 Å². The lowest BCUT2D eigenvalue weighted by Crippen LogP contribution is -2.42. The number of hydrogen-bond donors (Lipinski definition) is 3. The number of anilines is 1. The predicted molar refractivity (Wildman–Crippen MR) is 85.1 cm³/mol. The van der Waals surface area contributed by atoms with Gasteiger partial charge in [0.1, 0.15) is 5.82 Å². The Morgan fingerprint density at radius 2 is 2.17 bits per heavy atom. The summed E-state index contributed by atoms with van der Waals surface area (Å²) in [6, 6.07) is 1.07. The van der Waals surface area contributed by atoms with Crippen LogP contribution in [0.4, 0.5) is 5.82 Å². The van der Waals surface area contributed by atoms with Crippen LogP contribution < -0.4 is 5.32 Å². The number of carbonyl (C=O) groups excluding carboxylic acids is 1. The molecule has 1 saturated carbocycles. The van der Waals surface area contributed by atoms with Crippen molar-refractivity contribution >= 4 is 11.8 Å². The maximum Gasteiger partial charge on any atom is 0.376 e. The minimum atomic E-state index is -0.652. The quantitative estimate of drug-likeness (QED) is 0.651. The van der Waals surface area contributed by atoms with Gasteiger partial charge in [-0.15, -0.1) is 0 Å². The SMILES string of the molecule is CCOC(=O)c1nccc(NC(CO)C(O)C2CCCCC2)n1. The van der Waals surface area contributed by atoms with Gasteiger partial charge in [-0.2, -0.15) is 0 Å². The van der Waals surface area contributed by atoms with E-state index in [0.29, 0.717) is 5.82 Å². The van der Waals surface area contributed by atoms with E-state index in [1.807, 2.05) is 0 Å². The van der Waals surface area contributed by atoms with Crippen LogP contribution in [0.25, 0.3) is 0 Å². The number of esters is 1. The Hall–Kier alpha value is -1.73. The molecule has 1 aromatic rings. The van der Waals surface area contributed by atoms with E-state index in [0.717, 1.165) is 25.7 Å². The molecule has 2 rings (SSSR count). The van der Waals surface area contributed by atoms with E-state index in [1.165, 1.54) is 12.6 Å². The molecule has 0 radical (unpaired) electrons. The maximum atomic E-state index is 11.7. The van der Waals surface area contributed by atoms with Gasteiger partial charge in [-0.1, -0.05) is 19.3 Å². The van der Waals surface area contributed by atoms with Crippen LogP contribution in [-0.2, 0) is 4.74 Å². The van der Waals surface area contributed by atoms with E-state index in [1.54, 1.807) is 13.0 Å². The number of aliphatic hydroxyl groups excluding tert-OH is 2. The highest BCUT2D eigenvalue weighted by molar-refractivity contribution is 5.85. The molecule has 0 amide bonds. The fourth-order valence-corrected chi connectivity index (χ4v) is 2.97. The summed E-state index contributed by atoms with van der Waals surface area (Å²) in [5.74, 6) is -0.0676. The van der Waals surface area contributed by atoms with Crippen LogP contribution in [0.1, 0.15) is 49.6 Å². The first-order valence-corrected chi connectivity index (χ1v) is 8.21. The minimum Gasteiger partial charge on any atom is -0.460 e. The van der Waals surface area contributed by atoms with E-state index < -0.39 is 18.1 Å². The number of rotatable bonds is 7. The van der Waals surface area contributed by atoms with Gasteiger partial charge in [-0.25, -0.2) is 14.8 Å². The molecular formula is C16H25N3O4. The highest BCUT2D eigenvalue weighted by atomic mass is 16.5. The van der Waals surface area contributed by atoms with E-state index >= 15 is 0 Å². The van der Waals surface area contributed by atoms with E-state index in [9.17, 15) is 15.0 Å². The smallest absolute Gasteiger partial charge is 0.376 e. The third-order valence-corrected chi connectivity index (χ3v) is 4.19. The largest absolute Gasteiger partial charge is 0.460 e. The van der Waals surface area contributed by atoms with Crippen LogP contribution in [0.5, 0.6) is 0 Å². The normalized spacial score (nSPS) is 18.2. The summed E-state index contributed by atoms with van der Waals surface area (Å²) in [6.45, 7) is 1.75. The van der Waals surface area contributed by atoms with Crippen molar-refractivity contribution in [3.05, 3.63) is 18.1 Å². The Kier molecular flexibility index (Phi) is 6.73. The van der Waals surface area contributed by atoms with Gasteiger partial charge in [0.15, 0.2) is 0 Å². The topological polar surface area (TPSA) is 105 Å². The summed E-state index contributed by atoms with van der Waals surface area (Å²) < 4.78 is 4.87. The number of hydrogen-bond acceptors (Lipinski definition) is 7. The number of carbonyl (C=O) groups is 1. The average Bonchev–Trinajstić information content (AvgIpc) is 2.60. The highest BCUT2D eigenvalue weighted by Crippen LogP contribution is 2.28. The van der Waals surface area contributed by atoms with Gasteiger partial charge in [0, 0.05) is 6.20 Å². The molecule has 1 heterocycles. The van der Waals surface area contributed by atoms with Gasteiger partial charge < -0.3 is 20.3 Å².